The van der Waals surface area contributed by atoms with Gasteiger partial charge in [-0.1, -0.05) is 102 Å². The molecule has 0 atom stereocenters. The van der Waals surface area contributed by atoms with Crippen LogP contribution in [0.1, 0.15) is 13.9 Å². The summed E-state index contributed by atoms with van der Waals surface area (Å²) in [6.45, 7) is 0. The average Bonchev–Trinajstić information content (AvgIpc) is 3.50. The van der Waals surface area contributed by atoms with E-state index in [4.69, 9.17) is 12.1 Å². The van der Waals surface area contributed by atoms with Gasteiger partial charge < -0.3 is 9.52 Å². The first-order valence-electron chi connectivity index (χ1n) is 14.3. The van der Waals surface area contributed by atoms with Crippen LogP contribution in [0, 0.1) is 6.07 Å². The van der Waals surface area contributed by atoms with Crippen LogP contribution in [0.4, 0.5) is 0 Å². The Balaban J connectivity index is 0.00000343. The third-order valence-electron chi connectivity index (χ3n) is 6.94. The minimum Gasteiger partial charge on any atom is -0.507 e. The van der Waals surface area contributed by atoms with Crippen molar-refractivity contribution < 1.29 is 33.3 Å². The Bertz CT molecular complexity index is 2060. The van der Waals surface area contributed by atoms with Gasteiger partial charge in [0.1, 0.15) is 11.3 Å². The van der Waals surface area contributed by atoms with E-state index in [0.717, 1.165) is 27.8 Å². The maximum atomic E-state index is 10.7. The third kappa shape index (κ3) is 5.54. The summed E-state index contributed by atoms with van der Waals surface area (Å²) in [5.74, 6) is 0.423. The molecule has 7 rings (SSSR count). The second-order valence-corrected chi connectivity index (χ2v) is 9.67. The molecule has 0 fully saturated rings. The van der Waals surface area contributed by atoms with E-state index in [2.05, 4.69) is 11.1 Å². The van der Waals surface area contributed by atoms with Crippen molar-refractivity contribution in [1.82, 2.24) is 9.97 Å². The summed E-state index contributed by atoms with van der Waals surface area (Å²) >= 11 is 0. The third-order valence-corrected chi connectivity index (χ3v) is 6.94. The molecule has 2 aromatic heterocycles. The minimum absolute atomic E-state index is 0. The molecule has 0 unspecified atom stereocenters. The zero-order valence-corrected chi connectivity index (χ0v) is 24.5. The summed E-state index contributed by atoms with van der Waals surface area (Å²) in [6, 6.07) is 43.1. The summed E-state index contributed by atoms with van der Waals surface area (Å²) in [5, 5.41) is 10.7. The van der Waals surface area contributed by atoms with Crippen molar-refractivity contribution in [1.29, 1.82) is 0 Å². The maximum Gasteiger partial charge on any atom is 0.230 e. The van der Waals surface area contributed by atoms with E-state index >= 15 is 0 Å². The number of phenols is 1. The molecule has 7 aromatic rings. The van der Waals surface area contributed by atoms with Gasteiger partial charge in [-0.15, -0.1) is 29.8 Å². The average molecular weight is 727 g/mol. The topological polar surface area (TPSA) is 59.2 Å². The van der Waals surface area contributed by atoms with E-state index in [1.54, 1.807) is 30.5 Å². The van der Waals surface area contributed by atoms with Gasteiger partial charge in [0, 0.05) is 35.7 Å². The number of hydrogen-bond acceptors (Lipinski definition) is 4. The van der Waals surface area contributed by atoms with Crippen molar-refractivity contribution in [3.63, 3.8) is 0 Å². The van der Waals surface area contributed by atoms with E-state index in [0.29, 0.717) is 39.4 Å². The Labute approximate surface area is 261 Å². The van der Waals surface area contributed by atoms with Gasteiger partial charge in [-0.05, 0) is 46.8 Å². The van der Waals surface area contributed by atoms with Gasteiger partial charge in [-0.3, -0.25) is 4.98 Å². The molecule has 5 heteroatoms. The van der Waals surface area contributed by atoms with Crippen molar-refractivity contribution in [2.75, 3.05) is 0 Å². The number of para-hydroxylation sites is 1. The van der Waals surface area contributed by atoms with E-state index < -0.39 is 6.37 Å². The predicted molar refractivity (Wildman–Crippen MR) is 163 cm³/mol. The van der Waals surface area contributed by atoms with Crippen LogP contribution in [0.5, 0.6) is 5.75 Å². The van der Waals surface area contributed by atoms with Crippen LogP contribution in [-0.4, -0.2) is 15.1 Å². The molecular weight excluding hydrogens is 699 g/mol. The molecular formula is C37H25N2O2Pt-. The molecule has 0 aliphatic carbocycles. The number of aromatic hydroxyl groups is 1. The molecule has 0 saturated carbocycles. The molecule has 0 bridgehead atoms. The first-order chi connectivity index (χ1) is 21.0. The number of benzene rings is 5. The Hall–Kier alpha value is -4.79. The fourth-order valence-corrected chi connectivity index (χ4v) is 4.89. The summed E-state index contributed by atoms with van der Waals surface area (Å²) < 4.78 is 23.4. The van der Waals surface area contributed by atoms with Crippen LogP contribution in [0.2, 0.25) is 0 Å². The predicted octanol–water partition coefficient (Wildman–Crippen LogP) is 8.98. The molecule has 0 spiro atoms. The van der Waals surface area contributed by atoms with Crippen molar-refractivity contribution in [3.8, 4) is 50.7 Å². The van der Waals surface area contributed by atoms with Crippen LogP contribution >= 0.6 is 0 Å². The first-order valence-corrected chi connectivity index (χ1v) is 13.3. The molecule has 0 amide bonds. The van der Waals surface area contributed by atoms with Crippen LogP contribution < -0.4 is 0 Å². The molecule has 0 radical (unpaired) electrons. The molecule has 2 heterocycles. The Kier molecular flexibility index (Phi) is 7.12. The van der Waals surface area contributed by atoms with Crippen LogP contribution in [-0.2, 0) is 27.4 Å². The molecule has 4 nitrogen and oxygen atoms in total. The number of nitrogens with zero attached hydrogens (tertiary/aromatic N) is 2. The molecule has 1 N–H and O–H groups in total. The van der Waals surface area contributed by atoms with Gasteiger partial charge in [0.05, 0.1) is 11.1 Å². The maximum absolute atomic E-state index is 10.7. The fraction of sp³-hybridized carbons (Fsp3) is 0.0270. The number of fused-ring (bicyclic) bond motifs is 1. The summed E-state index contributed by atoms with van der Waals surface area (Å²) in [7, 11) is 0. The molecule has 0 saturated heterocycles. The van der Waals surface area contributed by atoms with Gasteiger partial charge in [-0.2, -0.15) is 0 Å². The number of pyridine rings is 1. The van der Waals surface area contributed by atoms with Gasteiger partial charge >= 0.3 is 0 Å². The van der Waals surface area contributed by atoms with Crippen molar-refractivity contribution >= 4 is 11.1 Å². The summed E-state index contributed by atoms with van der Waals surface area (Å²) in [5.41, 5.74) is 7.94. The Morgan fingerprint density at radius 1 is 0.690 bits per heavy atom. The minimum atomic E-state index is -1.66. The molecule has 0 aliphatic rings. The fourth-order valence-electron chi connectivity index (χ4n) is 4.89. The Morgan fingerprint density at radius 2 is 1.45 bits per heavy atom. The number of hydrogen-bond donors (Lipinski definition) is 1. The van der Waals surface area contributed by atoms with Crippen molar-refractivity contribution in [2.45, 2.75) is 6.37 Å². The number of phenolic OH excluding ortho intramolecular Hbond substituents is 1. The first kappa shape index (κ1) is 25.0. The molecule has 206 valence electrons. The molecule has 5 aromatic carbocycles. The van der Waals surface area contributed by atoms with Gasteiger partial charge in [0.2, 0.25) is 5.89 Å². The quantitative estimate of drug-likeness (QED) is 0.174. The van der Waals surface area contributed by atoms with Crippen molar-refractivity contribution in [3.05, 3.63) is 151 Å². The summed E-state index contributed by atoms with van der Waals surface area (Å²) in [6.07, 6.45) is -0.0722. The smallest absolute Gasteiger partial charge is 0.230 e. The van der Waals surface area contributed by atoms with E-state index in [-0.39, 0.29) is 26.8 Å². The van der Waals surface area contributed by atoms with E-state index in [9.17, 15) is 5.11 Å². The zero-order valence-electron chi connectivity index (χ0n) is 24.3. The van der Waals surface area contributed by atoms with Crippen LogP contribution in [0.25, 0.3) is 56.1 Å². The van der Waals surface area contributed by atoms with Gasteiger partial charge in [0.25, 0.3) is 0 Å². The second kappa shape index (κ2) is 12.0. The SMILES string of the molecule is [2H]C([2H])(c1ccccc1)c1ccc(-c2[c-]c(-c3cccc4oc(-c5cc(-c6ccccc6)ccc5O)nc34)ccc2)nc1.[Pt]. The van der Waals surface area contributed by atoms with Gasteiger partial charge in [0.15, 0.2) is 0 Å². The second-order valence-electron chi connectivity index (χ2n) is 9.67. The van der Waals surface area contributed by atoms with Gasteiger partial charge in [-0.25, -0.2) is 4.98 Å². The molecule has 0 aliphatic heterocycles. The standard InChI is InChI=1S/C37H25N2O2.Pt/c40-34-20-18-28(27-11-5-2-6-12-27)23-32(34)37-39-36-31(15-8-16-35(36)41-37)29-13-7-14-30(22-29)33-19-17-26(24-38-33)21-25-9-3-1-4-10-25;/h1-20,23-24,40H,21H2;/q-1;/i21D2;. The zero-order chi connectivity index (χ0) is 29.4. The van der Waals surface area contributed by atoms with E-state index in [1.165, 1.54) is 0 Å². The number of oxazole rings is 1. The normalized spacial score (nSPS) is 11.9. The monoisotopic (exact) mass is 726 g/mol. The van der Waals surface area contributed by atoms with E-state index in [1.807, 2.05) is 103 Å². The Morgan fingerprint density at radius 3 is 2.24 bits per heavy atom. The number of rotatable bonds is 6. The number of aromatic nitrogens is 2. The van der Waals surface area contributed by atoms with Crippen LogP contribution in [0.3, 0.4) is 0 Å². The molecule has 42 heavy (non-hydrogen) atoms. The van der Waals surface area contributed by atoms with Crippen molar-refractivity contribution in [2.24, 2.45) is 0 Å². The summed E-state index contributed by atoms with van der Waals surface area (Å²) in [4.78, 5) is 9.41. The van der Waals surface area contributed by atoms with Crippen LogP contribution in [0.15, 0.2) is 138 Å². The largest absolute Gasteiger partial charge is 0.507 e.